The zero-order valence-corrected chi connectivity index (χ0v) is 15.3. The molecule has 2 aliphatic heterocycles. The van der Waals surface area contributed by atoms with Crippen molar-refractivity contribution in [3.63, 3.8) is 0 Å². The number of aryl methyl sites for hydroxylation is 1. The van der Waals surface area contributed by atoms with Gasteiger partial charge in [-0.2, -0.15) is 0 Å². The summed E-state index contributed by atoms with van der Waals surface area (Å²) >= 11 is 0. The molecule has 2 bridgehead atoms. The Morgan fingerprint density at radius 2 is 2.07 bits per heavy atom. The first-order valence-electron chi connectivity index (χ1n) is 10.2. The second-order valence-electron chi connectivity index (χ2n) is 9.11. The SMILES string of the molecule is O=C1CCC2(OO)C3CCc4ccc(O)c5c4C2(CCN3CC2CC2)C1O5. The lowest BCUT2D eigenvalue weighted by molar-refractivity contribution is -0.374. The normalized spacial score (nSPS) is 39.7. The van der Waals surface area contributed by atoms with Gasteiger partial charge >= 0.3 is 0 Å². The van der Waals surface area contributed by atoms with Crippen LogP contribution in [0.25, 0.3) is 0 Å². The van der Waals surface area contributed by atoms with Crippen LogP contribution >= 0.6 is 0 Å². The highest BCUT2D eigenvalue weighted by Crippen LogP contribution is 2.65. The van der Waals surface area contributed by atoms with Gasteiger partial charge in [-0.05, 0) is 62.6 Å². The molecule has 6 rings (SSSR count). The molecule has 6 nitrogen and oxygen atoms in total. The molecule has 2 saturated carbocycles. The van der Waals surface area contributed by atoms with Gasteiger partial charge in [0.2, 0.25) is 0 Å². The molecule has 1 saturated heterocycles. The molecule has 4 atom stereocenters. The molecule has 5 aliphatic rings. The van der Waals surface area contributed by atoms with Crippen LogP contribution in [-0.2, 0) is 21.5 Å². The quantitative estimate of drug-likeness (QED) is 0.628. The van der Waals surface area contributed by atoms with Crippen LogP contribution in [0.3, 0.4) is 0 Å². The number of phenolic OH excluding ortho intramolecular Hbond substituents is 1. The van der Waals surface area contributed by atoms with E-state index >= 15 is 0 Å². The summed E-state index contributed by atoms with van der Waals surface area (Å²) in [7, 11) is 0. The van der Waals surface area contributed by atoms with Gasteiger partial charge in [-0.1, -0.05) is 6.07 Å². The maximum atomic E-state index is 12.9. The van der Waals surface area contributed by atoms with E-state index in [4.69, 9.17) is 9.62 Å². The number of hydrogen-bond acceptors (Lipinski definition) is 6. The zero-order chi connectivity index (χ0) is 18.4. The predicted molar refractivity (Wildman–Crippen MR) is 95.9 cm³/mol. The minimum Gasteiger partial charge on any atom is -0.504 e. The molecule has 3 aliphatic carbocycles. The van der Waals surface area contributed by atoms with Gasteiger partial charge in [0.05, 0.1) is 5.41 Å². The Hall–Kier alpha value is -1.63. The third-order valence-corrected chi connectivity index (χ3v) is 7.96. The fourth-order valence-electron chi connectivity index (χ4n) is 6.66. The third kappa shape index (κ3) is 1.84. The Labute approximate surface area is 158 Å². The molecule has 1 aromatic rings. The largest absolute Gasteiger partial charge is 0.504 e. The lowest BCUT2D eigenvalue weighted by Crippen LogP contribution is -2.74. The fourth-order valence-corrected chi connectivity index (χ4v) is 6.66. The standard InChI is InChI=1S/C21H25NO5/c23-14-5-3-13-4-6-16-21(27-25)8-7-15(24)19-20(21,17(13)18(14)26-19)9-10-22(16)11-12-1-2-12/h3,5,12,16,19,23,25H,1-2,4,6-11H2. The van der Waals surface area contributed by atoms with Crippen molar-refractivity contribution in [2.24, 2.45) is 5.92 Å². The van der Waals surface area contributed by atoms with E-state index in [9.17, 15) is 15.2 Å². The molecule has 0 amide bonds. The summed E-state index contributed by atoms with van der Waals surface area (Å²) in [6, 6.07) is 3.68. The van der Waals surface area contributed by atoms with Gasteiger partial charge in [-0.25, -0.2) is 4.89 Å². The number of ether oxygens (including phenoxy) is 1. The van der Waals surface area contributed by atoms with Crippen molar-refractivity contribution in [1.82, 2.24) is 4.90 Å². The topological polar surface area (TPSA) is 79.2 Å². The van der Waals surface area contributed by atoms with Crippen molar-refractivity contribution in [2.45, 2.75) is 68.1 Å². The van der Waals surface area contributed by atoms with E-state index in [0.29, 0.717) is 25.0 Å². The number of rotatable bonds is 3. The zero-order valence-electron chi connectivity index (χ0n) is 15.3. The number of phenols is 1. The second kappa shape index (κ2) is 5.25. The summed E-state index contributed by atoms with van der Waals surface area (Å²) in [5.74, 6) is 1.32. The number of ketones is 1. The van der Waals surface area contributed by atoms with Crippen molar-refractivity contribution < 1.29 is 24.8 Å². The lowest BCUT2D eigenvalue weighted by atomic mass is 9.53. The molecule has 2 heterocycles. The first kappa shape index (κ1) is 16.3. The van der Waals surface area contributed by atoms with Gasteiger partial charge in [0.25, 0.3) is 0 Å². The van der Waals surface area contributed by atoms with Crippen LogP contribution in [0.5, 0.6) is 11.5 Å². The second-order valence-corrected chi connectivity index (χ2v) is 9.11. The highest BCUT2D eigenvalue weighted by Gasteiger charge is 2.73. The van der Waals surface area contributed by atoms with E-state index in [-0.39, 0.29) is 17.6 Å². The summed E-state index contributed by atoms with van der Waals surface area (Å²) in [6.07, 6.45) is 5.15. The maximum absolute atomic E-state index is 12.9. The summed E-state index contributed by atoms with van der Waals surface area (Å²) in [5, 5.41) is 20.8. The number of piperidine rings is 1. The van der Waals surface area contributed by atoms with Gasteiger partial charge in [0.1, 0.15) is 5.60 Å². The highest BCUT2D eigenvalue weighted by molar-refractivity contribution is 5.89. The molecule has 3 fully saturated rings. The van der Waals surface area contributed by atoms with Crippen molar-refractivity contribution in [2.75, 3.05) is 13.1 Å². The monoisotopic (exact) mass is 371 g/mol. The predicted octanol–water partition coefficient (Wildman–Crippen LogP) is 2.41. The number of carbonyl (C=O) groups is 1. The summed E-state index contributed by atoms with van der Waals surface area (Å²) in [5.41, 5.74) is 0.477. The van der Waals surface area contributed by atoms with Crippen molar-refractivity contribution >= 4 is 5.78 Å². The van der Waals surface area contributed by atoms with Gasteiger partial charge in [-0.15, -0.1) is 0 Å². The van der Waals surface area contributed by atoms with Crippen LogP contribution in [-0.4, -0.2) is 51.9 Å². The molecular weight excluding hydrogens is 346 g/mol. The summed E-state index contributed by atoms with van der Waals surface area (Å²) in [4.78, 5) is 20.9. The summed E-state index contributed by atoms with van der Waals surface area (Å²) in [6.45, 7) is 1.91. The van der Waals surface area contributed by atoms with Gasteiger partial charge in [-0.3, -0.25) is 15.0 Å². The van der Waals surface area contributed by atoms with E-state index in [1.807, 2.05) is 6.07 Å². The highest BCUT2D eigenvalue weighted by atomic mass is 17.1. The van der Waals surface area contributed by atoms with Gasteiger partial charge < -0.3 is 9.84 Å². The number of benzene rings is 1. The molecule has 4 unspecified atom stereocenters. The number of likely N-dealkylation sites (tertiary alicyclic amines) is 1. The van der Waals surface area contributed by atoms with Crippen LogP contribution < -0.4 is 4.74 Å². The number of carbonyl (C=O) groups excluding carboxylic acids is 1. The molecule has 0 radical (unpaired) electrons. The molecule has 1 aromatic carbocycles. The molecule has 144 valence electrons. The van der Waals surface area contributed by atoms with E-state index < -0.39 is 17.1 Å². The smallest absolute Gasteiger partial charge is 0.174 e. The Morgan fingerprint density at radius 1 is 1.22 bits per heavy atom. The van der Waals surface area contributed by atoms with E-state index in [1.54, 1.807) is 6.07 Å². The Kier molecular flexibility index (Phi) is 3.17. The molecule has 0 aromatic heterocycles. The molecule has 2 N–H and O–H groups in total. The molecular formula is C21H25NO5. The number of Topliss-reactive ketones (excluding diaryl/α,β-unsaturated/α-hetero) is 1. The fraction of sp³-hybridized carbons (Fsp3) is 0.667. The van der Waals surface area contributed by atoms with Crippen LogP contribution in [0.4, 0.5) is 0 Å². The average molecular weight is 371 g/mol. The Balaban J connectivity index is 1.59. The van der Waals surface area contributed by atoms with E-state index in [2.05, 4.69) is 4.90 Å². The van der Waals surface area contributed by atoms with Crippen LogP contribution in [0.1, 0.15) is 49.7 Å². The van der Waals surface area contributed by atoms with E-state index in [0.717, 1.165) is 43.0 Å². The summed E-state index contributed by atoms with van der Waals surface area (Å²) < 4.78 is 6.12. The van der Waals surface area contributed by atoms with Crippen molar-refractivity contribution in [1.29, 1.82) is 0 Å². The molecule has 27 heavy (non-hydrogen) atoms. The number of nitrogens with zero attached hydrogens (tertiary/aromatic N) is 1. The first-order chi connectivity index (χ1) is 13.1. The van der Waals surface area contributed by atoms with Crippen molar-refractivity contribution in [3.8, 4) is 11.5 Å². The van der Waals surface area contributed by atoms with Crippen LogP contribution in [0, 0.1) is 5.92 Å². The van der Waals surface area contributed by atoms with Crippen LogP contribution in [0.15, 0.2) is 12.1 Å². The maximum Gasteiger partial charge on any atom is 0.174 e. The minimum atomic E-state index is -0.858. The number of aromatic hydroxyl groups is 1. The lowest BCUT2D eigenvalue weighted by Gasteiger charge is -2.59. The van der Waals surface area contributed by atoms with Gasteiger partial charge in [0, 0.05) is 24.6 Å². The first-order valence-corrected chi connectivity index (χ1v) is 10.2. The molecule has 1 spiro atoms. The van der Waals surface area contributed by atoms with Gasteiger partial charge in [0.15, 0.2) is 23.4 Å². The average Bonchev–Trinajstić information content (AvgIpc) is 3.42. The third-order valence-electron chi connectivity index (χ3n) is 7.96. The van der Waals surface area contributed by atoms with Crippen molar-refractivity contribution in [3.05, 3.63) is 23.3 Å². The number of hydrogen-bond donors (Lipinski definition) is 2. The molecule has 6 heteroatoms. The Bertz CT molecular complexity index is 836. The Morgan fingerprint density at radius 3 is 2.85 bits per heavy atom. The van der Waals surface area contributed by atoms with Crippen LogP contribution in [0.2, 0.25) is 0 Å². The van der Waals surface area contributed by atoms with E-state index in [1.165, 1.54) is 12.8 Å². The minimum absolute atomic E-state index is 0.0524.